The summed E-state index contributed by atoms with van der Waals surface area (Å²) in [6.45, 7) is -0.539. The standard InChI is InChI=1S/C14H18O8/c15-6-9-11(18)12(19)13(20)14(22-9)21-8-3-1-7(2-4-8)5-10(16)17/h1-4,9,11-15,18-20H,5-6H2,(H,16,17)/t9-,11-,12?,13?,14+/m1/s1. The molecule has 0 spiro atoms. The molecule has 1 aromatic carbocycles. The highest BCUT2D eigenvalue weighted by molar-refractivity contribution is 5.70. The summed E-state index contributed by atoms with van der Waals surface area (Å²) in [5.41, 5.74) is 0.577. The van der Waals surface area contributed by atoms with E-state index in [9.17, 15) is 20.1 Å². The Kier molecular flexibility index (Phi) is 5.33. The number of benzene rings is 1. The maximum absolute atomic E-state index is 10.6. The minimum atomic E-state index is -1.51. The van der Waals surface area contributed by atoms with E-state index in [0.29, 0.717) is 11.3 Å². The Morgan fingerprint density at radius 3 is 2.27 bits per heavy atom. The molecule has 1 saturated heterocycles. The van der Waals surface area contributed by atoms with Crippen molar-refractivity contribution in [2.45, 2.75) is 37.1 Å². The van der Waals surface area contributed by atoms with Gasteiger partial charge in [-0.05, 0) is 17.7 Å². The van der Waals surface area contributed by atoms with Crippen molar-refractivity contribution in [3.63, 3.8) is 0 Å². The van der Waals surface area contributed by atoms with Crippen molar-refractivity contribution >= 4 is 5.97 Å². The zero-order chi connectivity index (χ0) is 16.3. The van der Waals surface area contributed by atoms with Gasteiger partial charge in [0.25, 0.3) is 0 Å². The molecule has 0 amide bonds. The number of ether oxygens (including phenoxy) is 2. The lowest BCUT2D eigenvalue weighted by Gasteiger charge is -2.39. The SMILES string of the molecule is O=C(O)Cc1ccc(O[C@H]2O[C@H](CO)[C@@H](O)C(O)C2O)cc1. The fraction of sp³-hybridized carbons (Fsp3) is 0.500. The van der Waals surface area contributed by atoms with E-state index in [0.717, 1.165) is 0 Å². The monoisotopic (exact) mass is 314 g/mol. The molecular weight excluding hydrogens is 296 g/mol. The van der Waals surface area contributed by atoms with Crippen LogP contribution in [0.2, 0.25) is 0 Å². The fourth-order valence-corrected chi connectivity index (χ4v) is 2.16. The quantitative estimate of drug-likeness (QED) is 0.442. The van der Waals surface area contributed by atoms with E-state index in [1.165, 1.54) is 12.1 Å². The molecule has 2 unspecified atom stereocenters. The lowest BCUT2D eigenvalue weighted by atomic mass is 9.99. The summed E-state index contributed by atoms with van der Waals surface area (Å²) in [4.78, 5) is 10.6. The van der Waals surface area contributed by atoms with E-state index in [2.05, 4.69) is 0 Å². The number of aliphatic hydroxyl groups is 4. The number of aliphatic hydroxyl groups excluding tert-OH is 4. The van der Waals surface area contributed by atoms with Crippen molar-refractivity contribution in [1.29, 1.82) is 0 Å². The molecule has 0 radical (unpaired) electrons. The van der Waals surface area contributed by atoms with E-state index in [-0.39, 0.29) is 6.42 Å². The summed E-state index contributed by atoms with van der Waals surface area (Å²) in [5.74, 6) is -0.666. The second kappa shape index (κ2) is 7.03. The Hall–Kier alpha value is -1.71. The van der Waals surface area contributed by atoms with E-state index in [4.69, 9.17) is 19.7 Å². The predicted octanol–water partition coefficient (Wildman–Crippen LogP) is -1.51. The van der Waals surface area contributed by atoms with Gasteiger partial charge in [0.2, 0.25) is 6.29 Å². The van der Waals surface area contributed by atoms with Gasteiger partial charge in [0.1, 0.15) is 30.2 Å². The average molecular weight is 314 g/mol. The minimum Gasteiger partial charge on any atom is -0.481 e. The van der Waals surface area contributed by atoms with Crippen LogP contribution in [0.5, 0.6) is 5.75 Å². The number of hydrogen-bond acceptors (Lipinski definition) is 7. The number of rotatable bonds is 5. The first kappa shape index (κ1) is 16.7. The predicted molar refractivity (Wildman–Crippen MR) is 72.2 cm³/mol. The molecule has 122 valence electrons. The van der Waals surface area contributed by atoms with Gasteiger partial charge in [-0.1, -0.05) is 12.1 Å². The lowest BCUT2D eigenvalue weighted by molar-refractivity contribution is -0.277. The summed E-state index contributed by atoms with van der Waals surface area (Å²) >= 11 is 0. The third kappa shape index (κ3) is 3.73. The highest BCUT2D eigenvalue weighted by Crippen LogP contribution is 2.24. The first-order valence-corrected chi connectivity index (χ1v) is 6.70. The second-order valence-electron chi connectivity index (χ2n) is 5.03. The Balaban J connectivity index is 2.04. The molecular formula is C14H18O8. The first-order chi connectivity index (χ1) is 10.4. The number of carboxylic acids is 1. The van der Waals surface area contributed by atoms with Crippen LogP contribution in [0.4, 0.5) is 0 Å². The number of carbonyl (C=O) groups is 1. The topological polar surface area (TPSA) is 137 Å². The molecule has 0 saturated carbocycles. The zero-order valence-electron chi connectivity index (χ0n) is 11.6. The van der Waals surface area contributed by atoms with Gasteiger partial charge in [0.05, 0.1) is 13.0 Å². The molecule has 5 N–H and O–H groups in total. The summed E-state index contributed by atoms with van der Waals surface area (Å²) < 4.78 is 10.6. The van der Waals surface area contributed by atoms with Gasteiger partial charge in [0.15, 0.2) is 0 Å². The molecule has 0 bridgehead atoms. The van der Waals surface area contributed by atoms with Crippen molar-refractivity contribution in [2.24, 2.45) is 0 Å². The van der Waals surface area contributed by atoms with Crippen molar-refractivity contribution in [3.05, 3.63) is 29.8 Å². The Labute approximate surface area is 126 Å². The van der Waals surface area contributed by atoms with Crippen LogP contribution in [-0.2, 0) is 16.0 Å². The van der Waals surface area contributed by atoms with Crippen molar-refractivity contribution in [1.82, 2.24) is 0 Å². The van der Waals surface area contributed by atoms with Crippen LogP contribution < -0.4 is 4.74 Å². The molecule has 1 aliphatic heterocycles. The highest BCUT2D eigenvalue weighted by atomic mass is 16.7. The summed E-state index contributed by atoms with van der Waals surface area (Å²) in [5, 5.41) is 46.9. The van der Waals surface area contributed by atoms with Gasteiger partial charge in [-0.15, -0.1) is 0 Å². The fourth-order valence-electron chi connectivity index (χ4n) is 2.16. The third-order valence-corrected chi connectivity index (χ3v) is 3.38. The zero-order valence-corrected chi connectivity index (χ0v) is 11.6. The van der Waals surface area contributed by atoms with Crippen molar-refractivity contribution in [2.75, 3.05) is 6.61 Å². The van der Waals surface area contributed by atoms with Crippen molar-refractivity contribution < 1.29 is 39.8 Å². The Morgan fingerprint density at radius 2 is 1.73 bits per heavy atom. The van der Waals surface area contributed by atoms with E-state index >= 15 is 0 Å². The molecule has 8 heteroatoms. The van der Waals surface area contributed by atoms with Gasteiger partial charge in [0, 0.05) is 0 Å². The minimum absolute atomic E-state index is 0.125. The molecule has 0 aliphatic carbocycles. The molecule has 1 aliphatic rings. The van der Waals surface area contributed by atoms with Crippen LogP contribution in [-0.4, -0.2) is 68.8 Å². The van der Waals surface area contributed by atoms with E-state index in [1.54, 1.807) is 12.1 Å². The van der Waals surface area contributed by atoms with E-state index in [1.807, 2.05) is 0 Å². The lowest BCUT2D eigenvalue weighted by Crippen LogP contribution is -2.60. The Morgan fingerprint density at radius 1 is 1.09 bits per heavy atom. The molecule has 5 atom stereocenters. The normalized spacial score (nSPS) is 31.7. The van der Waals surface area contributed by atoms with Crippen LogP contribution in [0.15, 0.2) is 24.3 Å². The van der Waals surface area contributed by atoms with Crippen LogP contribution in [0.1, 0.15) is 5.56 Å². The second-order valence-corrected chi connectivity index (χ2v) is 5.03. The van der Waals surface area contributed by atoms with Crippen LogP contribution in [0.25, 0.3) is 0 Å². The maximum Gasteiger partial charge on any atom is 0.307 e. The first-order valence-electron chi connectivity index (χ1n) is 6.70. The van der Waals surface area contributed by atoms with E-state index < -0.39 is 43.3 Å². The smallest absolute Gasteiger partial charge is 0.307 e. The van der Waals surface area contributed by atoms with Gasteiger partial charge in [-0.3, -0.25) is 4.79 Å². The number of carboxylic acid groups (broad SMARTS) is 1. The highest BCUT2D eigenvalue weighted by Gasteiger charge is 2.44. The van der Waals surface area contributed by atoms with Gasteiger partial charge in [-0.2, -0.15) is 0 Å². The van der Waals surface area contributed by atoms with Crippen LogP contribution in [0, 0.1) is 0 Å². The number of hydrogen-bond donors (Lipinski definition) is 5. The molecule has 8 nitrogen and oxygen atoms in total. The number of aliphatic carboxylic acids is 1. The molecule has 22 heavy (non-hydrogen) atoms. The summed E-state index contributed by atoms with van der Waals surface area (Å²) in [6.07, 6.45) is -6.88. The third-order valence-electron chi connectivity index (χ3n) is 3.38. The molecule has 1 aromatic rings. The molecule has 1 heterocycles. The molecule has 0 aromatic heterocycles. The average Bonchev–Trinajstić information content (AvgIpc) is 2.49. The largest absolute Gasteiger partial charge is 0.481 e. The molecule has 2 rings (SSSR count). The summed E-state index contributed by atoms with van der Waals surface area (Å²) in [7, 11) is 0. The molecule has 1 fully saturated rings. The van der Waals surface area contributed by atoms with Gasteiger partial charge in [-0.25, -0.2) is 0 Å². The van der Waals surface area contributed by atoms with Gasteiger partial charge < -0.3 is 35.0 Å². The Bertz CT molecular complexity index is 500. The van der Waals surface area contributed by atoms with Crippen LogP contribution in [0.3, 0.4) is 0 Å². The maximum atomic E-state index is 10.6. The van der Waals surface area contributed by atoms with Gasteiger partial charge >= 0.3 is 5.97 Å². The summed E-state index contributed by atoms with van der Waals surface area (Å²) in [6, 6.07) is 6.10. The van der Waals surface area contributed by atoms with Crippen molar-refractivity contribution in [3.8, 4) is 5.75 Å². The van der Waals surface area contributed by atoms with Crippen LogP contribution >= 0.6 is 0 Å².